The third-order valence-corrected chi connectivity index (χ3v) is 8.67. The van der Waals surface area contributed by atoms with Gasteiger partial charge < -0.3 is 14.4 Å². The van der Waals surface area contributed by atoms with Crippen molar-refractivity contribution in [2.45, 2.75) is 52.6 Å². The van der Waals surface area contributed by atoms with Crippen LogP contribution in [-0.2, 0) is 16.6 Å². The van der Waals surface area contributed by atoms with Crippen molar-refractivity contribution in [1.29, 1.82) is 0 Å². The molecule has 2 saturated heterocycles. The predicted molar refractivity (Wildman–Crippen MR) is 151 cm³/mol. The van der Waals surface area contributed by atoms with Crippen LogP contribution in [0, 0.1) is 5.41 Å². The van der Waals surface area contributed by atoms with E-state index < -0.39 is 0 Å². The van der Waals surface area contributed by atoms with E-state index in [1.807, 2.05) is 19.9 Å². The molecule has 1 spiro atoms. The number of hydrogen-bond donors (Lipinski definition) is 0. The van der Waals surface area contributed by atoms with Crippen LogP contribution < -0.4 is 9.64 Å². The van der Waals surface area contributed by atoms with E-state index in [9.17, 15) is 4.79 Å². The van der Waals surface area contributed by atoms with Crippen molar-refractivity contribution >= 4 is 34.8 Å². The Bertz CT molecular complexity index is 1320. The third kappa shape index (κ3) is 5.24. The maximum atomic E-state index is 14.1. The minimum atomic E-state index is -0.130. The van der Waals surface area contributed by atoms with Gasteiger partial charge >= 0.3 is 0 Å². The van der Waals surface area contributed by atoms with Gasteiger partial charge in [0.2, 0.25) is 5.88 Å². The van der Waals surface area contributed by atoms with Crippen molar-refractivity contribution in [3.8, 4) is 11.6 Å². The number of ether oxygens (including phenoxy) is 2. The lowest BCUT2D eigenvalue weighted by molar-refractivity contribution is -0.114. The summed E-state index contributed by atoms with van der Waals surface area (Å²) >= 11 is 13.4. The smallest absolute Gasteiger partial charge is 0.260 e. The number of hydrogen-bond acceptors (Lipinski definition) is 5. The largest absolute Gasteiger partial charge is 0.436 e. The molecule has 0 N–H and O–H groups in total. The van der Waals surface area contributed by atoms with Gasteiger partial charge in [0.25, 0.3) is 5.91 Å². The highest BCUT2D eigenvalue weighted by molar-refractivity contribution is 6.45. The van der Waals surface area contributed by atoms with Crippen LogP contribution in [0.2, 0.25) is 10.0 Å². The van der Waals surface area contributed by atoms with Gasteiger partial charge in [0.15, 0.2) is 0 Å². The van der Waals surface area contributed by atoms with E-state index in [1.54, 1.807) is 41.0 Å². The Balaban J connectivity index is 1.43. The number of anilines is 1. The molecule has 3 aliphatic heterocycles. The van der Waals surface area contributed by atoms with Crippen LogP contribution in [0.3, 0.4) is 0 Å². The number of carbonyl (C=O) groups excluding carboxylic acids is 1. The molecule has 5 rings (SSSR count). The summed E-state index contributed by atoms with van der Waals surface area (Å²) in [6, 6.07) is 5.23. The summed E-state index contributed by atoms with van der Waals surface area (Å²) in [5, 5.41) is 4.70. The van der Waals surface area contributed by atoms with Crippen molar-refractivity contribution in [2.24, 2.45) is 12.5 Å². The van der Waals surface area contributed by atoms with Crippen LogP contribution in [0.15, 0.2) is 59.6 Å². The van der Waals surface area contributed by atoms with E-state index in [0.29, 0.717) is 35.4 Å². The molecule has 202 valence electrons. The summed E-state index contributed by atoms with van der Waals surface area (Å²) in [5.41, 5.74) is 3.20. The van der Waals surface area contributed by atoms with Crippen molar-refractivity contribution in [3.05, 3.63) is 69.6 Å². The quantitative estimate of drug-likeness (QED) is 0.410. The zero-order valence-electron chi connectivity index (χ0n) is 22.3. The summed E-state index contributed by atoms with van der Waals surface area (Å²) < 4.78 is 13.4. The first kappa shape index (κ1) is 26.9. The number of piperidine rings is 1. The van der Waals surface area contributed by atoms with Gasteiger partial charge in [0.05, 0.1) is 23.4 Å². The molecule has 38 heavy (non-hydrogen) atoms. The summed E-state index contributed by atoms with van der Waals surface area (Å²) in [4.78, 5) is 18.0. The zero-order chi connectivity index (χ0) is 27.0. The molecule has 4 heterocycles. The van der Waals surface area contributed by atoms with Crippen LogP contribution in [0.25, 0.3) is 0 Å². The van der Waals surface area contributed by atoms with E-state index in [0.717, 1.165) is 50.4 Å². The Kier molecular flexibility index (Phi) is 7.63. The van der Waals surface area contributed by atoms with E-state index >= 15 is 0 Å². The van der Waals surface area contributed by atoms with Gasteiger partial charge in [-0.15, -0.1) is 5.10 Å². The molecule has 0 bridgehead atoms. The van der Waals surface area contributed by atoms with E-state index in [-0.39, 0.29) is 21.4 Å². The van der Waals surface area contributed by atoms with E-state index in [1.165, 1.54) is 0 Å². The van der Waals surface area contributed by atoms with Gasteiger partial charge in [-0.05, 0) is 70.1 Å². The molecule has 9 heteroatoms. The van der Waals surface area contributed by atoms with Crippen molar-refractivity contribution < 1.29 is 14.3 Å². The second kappa shape index (κ2) is 10.8. The molecule has 2 fully saturated rings. The number of allylic oxidation sites excluding steroid dienone is 4. The number of carbonyl (C=O) groups is 1. The first-order chi connectivity index (χ1) is 18.2. The summed E-state index contributed by atoms with van der Waals surface area (Å²) in [5.74, 6) is 0.652. The lowest BCUT2D eigenvalue weighted by Gasteiger charge is -2.40. The molecule has 0 radical (unpaired) electrons. The number of benzene rings is 1. The average molecular weight is 558 g/mol. The fourth-order valence-electron chi connectivity index (χ4n) is 5.66. The lowest BCUT2D eigenvalue weighted by atomic mass is 9.76. The maximum Gasteiger partial charge on any atom is 0.260 e. The number of rotatable bonds is 4. The molecule has 7 nitrogen and oxygen atoms in total. The van der Waals surface area contributed by atoms with Crippen LogP contribution in [0.5, 0.6) is 11.6 Å². The fourth-order valence-corrected chi connectivity index (χ4v) is 6.10. The second-order valence-electron chi connectivity index (χ2n) is 10.6. The molecule has 0 aliphatic carbocycles. The van der Waals surface area contributed by atoms with Crippen LogP contribution >= 0.6 is 23.2 Å². The van der Waals surface area contributed by atoms with Crippen molar-refractivity contribution in [1.82, 2.24) is 14.7 Å². The highest BCUT2D eigenvalue weighted by Crippen LogP contribution is 2.44. The van der Waals surface area contributed by atoms with Crippen LogP contribution in [0.1, 0.15) is 46.5 Å². The second-order valence-corrected chi connectivity index (χ2v) is 11.3. The molecule has 0 saturated carbocycles. The zero-order valence-corrected chi connectivity index (χ0v) is 23.8. The van der Waals surface area contributed by atoms with Gasteiger partial charge in [-0.1, -0.05) is 35.4 Å². The highest BCUT2D eigenvalue weighted by Gasteiger charge is 2.41. The average Bonchev–Trinajstić information content (AvgIpc) is 3.48. The number of aromatic nitrogens is 2. The van der Waals surface area contributed by atoms with Crippen LogP contribution in [-0.4, -0.2) is 46.4 Å². The molecule has 0 unspecified atom stereocenters. The molecular formula is C29H34Cl2N4O3. The Labute approximate surface area is 234 Å². The number of likely N-dealkylation sites (tertiary alicyclic amines) is 1. The minimum absolute atomic E-state index is 0.130. The Morgan fingerprint density at radius 2 is 1.89 bits per heavy atom. The fraction of sp³-hybridized carbons (Fsp3) is 0.448. The first-order valence-corrected chi connectivity index (χ1v) is 13.8. The normalized spacial score (nSPS) is 26.1. The molecule has 1 amide bonds. The molecule has 2 aromatic rings. The topological polar surface area (TPSA) is 59.8 Å². The summed E-state index contributed by atoms with van der Waals surface area (Å²) in [6.07, 6.45) is 12.3. The summed E-state index contributed by atoms with van der Waals surface area (Å²) in [6.45, 7) is 8.61. The standard InChI is InChI=1S/C29H34Cl2N4O3/c1-19-7-5-6-8-22(34-15-12-29(13-16-34)17-20(2)37-18-29)21(3)28(36)35(19)23-9-10-24(27(31)26(23)30)38-25-11-14-33(4)32-25/h6-11,14,20H,5,12-13,15-18H2,1-4H3/b8-6+,19-7+,22-21+/t20-/m0/s1. The minimum Gasteiger partial charge on any atom is -0.436 e. The Morgan fingerprint density at radius 3 is 2.55 bits per heavy atom. The molecule has 1 aromatic heterocycles. The molecule has 3 aliphatic rings. The number of halogens is 2. The number of amides is 1. The van der Waals surface area contributed by atoms with Gasteiger partial charge in [-0.2, -0.15) is 0 Å². The predicted octanol–water partition coefficient (Wildman–Crippen LogP) is 6.88. The summed E-state index contributed by atoms with van der Waals surface area (Å²) in [7, 11) is 1.81. The van der Waals surface area contributed by atoms with E-state index in [2.05, 4.69) is 29.1 Å². The monoisotopic (exact) mass is 556 g/mol. The van der Waals surface area contributed by atoms with E-state index in [4.69, 9.17) is 32.7 Å². The van der Waals surface area contributed by atoms with Crippen molar-refractivity contribution in [3.63, 3.8) is 0 Å². The third-order valence-electron chi connectivity index (χ3n) is 7.82. The molecular weight excluding hydrogens is 523 g/mol. The lowest BCUT2D eigenvalue weighted by Crippen LogP contribution is -2.41. The van der Waals surface area contributed by atoms with Crippen LogP contribution in [0.4, 0.5) is 5.69 Å². The molecule has 1 aromatic carbocycles. The number of nitrogens with zero attached hydrogens (tertiary/aromatic N) is 4. The van der Waals surface area contributed by atoms with Gasteiger partial charge in [-0.25, -0.2) is 0 Å². The van der Waals surface area contributed by atoms with Crippen molar-refractivity contribution in [2.75, 3.05) is 24.6 Å². The van der Waals surface area contributed by atoms with Gasteiger partial charge in [0.1, 0.15) is 10.8 Å². The molecule has 1 atom stereocenters. The maximum absolute atomic E-state index is 14.1. The SMILES string of the molecule is C/C1=C\C/C=C/C(N2CCC3(CC2)CO[C@@H](C)C3)=C(/C)C(=O)N1c1ccc(Oc2ccn(C)n2)c(Cl)c1Cl. The Hall–Kier alpha value is -2.74. The first-order valence-electron chi connectivity index (χ1n) is 13.1. The number of aryl methyl sites for hydroxylation is 1. The highest BCUT2D eigenvalue weighted by atomic mass is 35.5. The van der Waals surface area contributed by atoms with Gasteiger partial charge in [-0.3, -0.25) is 14.4 Å². The van der Waals surface area contributed by atoms with Gasteiger partial charge in [0, 0.05) is 49.4 Å². The Morgan fingerprint density at radius 1 is 1.13 bits per heavy atom.